The van der Waals surface area contributed by atoms with E-state index in [2.05, 4.69) is 10.3 Å². The van der Waals surface area contributed by atoms with Gasteiger partial charge in [0.15, 0.2) is 11.5 Å². The number of aryl methyl sites for hydroxylation is 1. The van der Waals surface area contributed by atoms with E-state index in [4.69, 9.17) is 19.9 Å². The highest BCUT2D eigenvalue weighted by Crippen LogP contribution is 2.29. The Morgan fingerprint density at radius 2 is 1.93 bits per heavy atom. The van der Waals surface area contributed by atoms with Crippen LogP contribution in [0, 0.1) is 0 Å². The lowest BCUT2D eigenvalue weighted by molar-refractivity contribution is 0.0635. The molecule has 2 rings (SSSR count). The standard InChI is InChI=1S/C21H29N3O4/c1-21(2,3)28-20(25)24-19-13-15(10-11-23-19)7-5-6-12-27-17-9-8-16(22)14-18(17)26-4/h8-11,13-14H,5-7,12,22H2,1-4H3,(H,23,24,25). The van der Waals surface area contributed by atoms with Crippen molar-refractivity contribution in [3.63, 3.8) is 0 Å². The quantitative estimate of drug-likeness (QED) is 0.514. The number of rotatable bonds is 8. The van der Waals surface area contributed by atoms with Gasteiger partial charge in [-0.2, -0.15) is 0 Å². The summed E-state index contributed by atoms with van der Waals surface area (Å²) in [6.07, 6.45) is 3.84. The Bertz CT molecular complexity index is 787. The number of amides is 1. The molecule has 152 valence electrons. The molecule has 0 unspecified atom stereocenters. The van der Waals surface area contributed by atoms with Gasteiger partial charge in [0.1, 0.15) is 11.4 Å². The smallest absolute Gasteiger partial charge is 0.413 e. The number of pyridine rings is 1. The average molecular weight is 387 g/mol. The van der Waals surface area contributed by atoms with Gasteiger partial charge in [0, 0.05) is 18.0 Å². The largest absolute Gasteiger partial charge is 0.493 e. The van der Waals surface area contributed by atoms with E-state index in [9.17, 15) is 4.79 Å². The fraction of sp³-hybridized carbons (Fsp3) is 0.429. The molecule has 0 saturated carbocycles. The molecule has 0 saturated heterocycles. The average Bonchev–Trinajstić information content (AvgIpc) is 2.61. The van der Waals surface area contributed by atoms with Crippen molar-refractivity contribution in [2.75, 3.05) is 24.8 Å². The first-order valence-electron chi connectivity index (χ1n) is 9.28. The second-order valence-corrected chi connectivity index (χ2v) is 7.39. The summed E-state index contributed by atoms with van der Waals surface area (Å²) < 4.78 is 16.3. The van der Waals surface area contributed by atoms with Crippen LogP contribution in [-0.4, -0.2) is 30.4 Å². The van der Waals surface area contributed by atoms with Crippen molar-refractivity contribution >= 4 is 17.6 Å². The first-order valence-corrected chi connectivity index (χ1v) is 9.28. The van der Waals surface area contributed by atoms with E-state index in [0.717, 1.165) is 24.8 Å². The fourth-order valence-corrected chi connectivity index (χ4v) is 2.52. The molecule has 1 aromatic heterocycles. The molecule has 0 radical (unpaired) electrons. The Balaban J connectivity index is 1.77. The van der Waals surface area contributed by atoms with E-state index in [1.807, 2.05) is 39.0 Å². The highest BCUT2D eigenvalue weighted by atomic mass is 16.6. The Hall–Kier alpha value is -2.96. The minimum Gasteiger partial charge on any atom is -0.493 e. The number of unbranched alkanes of at least 4 members (excludes halogenated alkanes) is 1. The number of nitrogens with two attached hydrogens (primary N) is 1. The van der Waals surface area contributed by atoms with Crippen molar-refractivity contribution in [3.8, 4) is 11.5 Å². The number of nitrogens with one attached hydrogen (secondary N) is 1. The topological polar surface area (TPSA) is 95.7 Å². The van der Waals surface area contributed by atoms with E-state index >= 15 is 0 Å². The van der Waals surface area contributed by atoms with Crippen molar-refractivity contribution in [3.05, 3.63) is 42.1 Å². The van der Waals surface area contributed by atoms with Crippen LogP contribution < -0.4 is 20.5 Å². The van der Waals surface area contributed by atoms with Gasteiger partial charge in [0.25, 0.3) is 0 Å². The number of carbonyl (C=O) groups excluding carboxylic acids is 1. The molecule has 0 aliphatic carbocycles. The SMILES string of the molecule is COc1cc(N)ccc1OCCCCc1ccnc(NC(=O)OC(C)(C)C)c1. The van der Waals surface area contributed by atoms with Crippen LogP contribution in [-0.2, 0) is 11.2 Å². The Morgan fingerprint density at radius 3 is 2.64 bits per heavy atom. The number of nitrogen functional groups attached to an aromatic ring is 1. The predicted molar refractivity (Wildman–Crippen MR) is 110 cm³/mol. The molecule has 28 heavy (non-hydrogen) atoms. The maximum absolute atomic E-state index is 11.8. The molecular formula is C21H29N3O4. The van der Waals surface area contributed by atoms with Gasteiger partial charge < -0.3 is 19.9 Å². The normalized spacial score (nSPS) is 11.0. The molecule has 0 atom stereocenters. The summed E-state index contributed by atoms with van der Waals surface area (Å²) in [5.74, 6) is 1.80. The van der Waals surface area contributed by atoms with Crippen molar-refractivity contribution in [2.45, 2.75) is 45.6 Å². The van der Waals surface area contributed by atoms with Crippen molar-refractivity contribution < 1.29 is 19.0 Å². The van der Waals surface area contributed by atoms with Gasteiger partial charge in [-0.15, -0.1) is 0 Å². The number of methoxy groups -OCH3 is 1. The van der Waals surface area contributed by atoms with Crippen molar-refractivity contribution in [1.82, 2.24) is 4.98 Å². The van der Waals surface area contributed by atoms with Crippen LogP contribution in [0.1, 0.15) is 39.2 Å². The molecule has 7 heteroatoms. The maximum atomic E-state index is 11.8. The molecule has 0 aliphatic heterocycles. The van der Waals surface area contributed by atoms with Crippen LogP contribution in [0.15, 0.2) is 36.5 Å². The van der Waals surface area contributed by atoms with Crippen molar-refractivity contribution in [2.24, 2.45) is 0 Å². The molecule has 0 aliphatic rings. The van der Waals surface area contributed by atoms with Crippen LogP contribution in [0.4, 0.5) is 16.3 Å². The highest BCUT2D eigenvalue weighted by Gasteiger charge is 2.16. The Labute approximate surface area is 166 Å². The van der Waals surface area contributed by atoms with E-state index in [1.165, 1.54) is 0 Å². The first-order chi connectivity index (χ1) is 13.3. The summed E-state index contributed by atoms with van der Waals surface area (Å²) in [4.78, 5) is 16.0. The van der Waals surface area contributed by atoms with Crippen LogP contribution in [0.3, 0.4) is 0 Å². The maximum Gasteiger partial charge on any atom is 0.413 e. The molecule has 0 bridgehead atoms. The lowest BCUT2D eigenvalue weighted by atomic mass is 10.1. The van der Waals surface area contributed by atoms with Gasteiger partial charge in [0.2, 0.25) is 0 Å². The molecule has 0 fully saturated rings. The summed E-state index contributed by atoms with van der Waals surface area (Å²) in [6, 6.07) is 9.13. The molecular weight excluding hydrogens is 358 g/mol. The lowest BCUT2D eigenvalue weighted by Gasteiger charge is -2.19. The molecule has 3 N–H and O–H groups in total. The van der Waals surface area contributed by atoms with Crippen LogP contribution in [0.5, 0.6) is 11.5 Å². The lowest BCUT2D eigenvalue weighted by Crippen LogP contribution is -2.27. The third-order valence-corrected chi connectivity index (χ3v) is 3.76. The third kappa shape index (κ3) is 7.34. The number of ether oxygens (including phenoxy) is 3. The Kier molecular flexibility index (Phi) is 7.49. The summed E-state index contributed by atoms with van der Waals surface area (Å²) in [5.41, 5.74) is 6.92. The van der Waals surface area contributed by atoms with Gasteiger partial charge in [-0.05, 0) is 69.9 Å². The Morgan fingerprint density at radius 1 is 1.14 bits per heavy atom. The zero-order valence-corrected chi connectivity index (χ0v) is 17.0. The van der Waals surface area contributed by atoms with E-state index < -0.39 is 11.7 Å². The summed E-state index contributed by atoms with van der Waals surface area (Å²) in [6.45, 7) is 6.03. The summed E-state index contributed by atoms with van der Waals surface area (Å²) in [5, 5.41) is 2.66. The van der Waals surface area contributed by atoms with Gasteiger partial charge in [-0.3, -0.25) is 5.32 Å². The van der Waals surface area contributed by atoms with Crippen LogP contribution >= 0.6 is 0 Å². The number of hydrogen-bond acceptors (Lipinski definition) is 6. The third-order valence-electron chi connectivity index (χ3n) is 3.76. The molecule has 2 aromatic rings. The minimum atomic E-state index is -0.547. The number of nitrogens with zero attached hydrogens (tertiary/aromatic N) is 1. The predicted octanol–water partition coefficient (Wildman–Crippen LogP) is 4.42. The van der Waals surface area contributed by atoms with Gasteiger partial charge in [-0.1, -0.05) is 0 Å². The van der Waals surface area contributed by atoms with E-state index in [0.29, 0.717) is 29.6 Å². The fourth-order valence-electron chi connectivity index (χ4n) is 2.52. The van der Waals surface area contributed by atoms with E-state index in [1.54, 1.807) is 25.4 Å². The second kappa shape index (κ2) is 9.82. The number of anilines is 2. The monoisotopic (exact) mass is 387 g/mol. The molecule has 1 aromatic carbocycles. The number of aromatic nitrogens is 1. The molecule has 1 heterocycles. The van der Waals surface area contributed by atoms with Crippen LogP contribution in [0.25, 0.3) is 0 Å². The van der Waals surface area contributed by atoms with Gasteiger partial charge >= 0.3 is 6.09 Å². The summed E-state index contributed by atoms with van der Waals surface area (Å²) in [7, 11) is 1.59. The van der Waals surface area contributed by atoms with Gasteiger partial charge in [-0.25, -0.2) is 9.78 Å². The minimum absolute atomic E-state index is 0.481. The van der Waals surface area contributed by atoms with Crippen LogP contribution in [0.2, 0.25) is 0 Å². The zero-order valence-electron chi connectivity index (χ0n) is 17.0. The number of hydrogen-bond donors (Lipinski definition) is 2. The summed E-state index contributed by atoms with van der Waals surface area (Å²) >= 11 is 0. The van der Waals surface area contributed by atoms with Gasteiger partial charge in [0.05, 0.1) is 13.7 Å². The highest BCUT2D eigenvalue weighted by molar-refractivity contribution is 5.83. The number of benzene rings is 1. The van der Waals surface area contributed by atoms with Crippen molar-refractivity contribution in [1.29, 1.82) is 0 Å². The van der Waals surface area contributed by atoms with E-state index in [-0.39, 0.29) is 0 Å². The molecule has 0 spiro atoms. The molecule has 7 nitrogen and oxygen atoms in total. The molecule has 1 amide bonds. The zero-order chi connectivity index (χ0) is 20.6. The number of carbonyl (C=O) groups is 1. The second-order valence-electron chi connectivity index (χ2n) is 7.39. The first kappa shape index (κ1) is 21.3.